The summed E-state index contributed by atoms with van der Waals surface area (Å²) in [6, 6.07) is 13.1. The zero-order valence-electron chi connectivity index (χ0n) is 17.4. The molecule has 0 radical (unpaired) electrons. The Bertz CT molecular complexity index is 815. The second kappa shape index (κ2) is 9.93. The second-order valence-electron chi connectivity index (χ2n) is 7.06. The number of rotatable bonds is 8. The predicted octanol–water partition coefficient (Wildman–Crippen LogP) is 3.54. The van der Waals surface area contributed by atoms with Gasteiger partial charge >= 0.3 is 0 Å². The first-order valence-corrected chi connectivity index (χ1v) is 9.65. The highest BCUT2D eigenvalue weighted by Gasteiger charge is 2.26. The third kappa shape index (κ3) is 5.59. The van der Waals surface area contributed by atoms with Crippen molar-refractivity contribution in [3.8, 4) is 5.75 Å². The van der Waals surface area contributed by atoms with Crippen molar-refractivity contribution in [2.75, 3.05) is 13.2 Å². The fourth-order valence-electron chi connectivity index (χ4n) is 2.90. The molecule has 0 spiro atoms. The van der Waals surface area contributed by atoms with Gasteiger partial charge in [-0.1, -0.05) is 42.0 Å². The van der Waals surface area contributed by atoms with Crippen LogP contribution in [0, 0.1) is 20.8 Å². The molecule has 5 heteroatoms. The van der Waals surface area contributed by atoms with E-state index in [1.165, 1.54) is 0 Å². The lowest BCUT2D eigenvalue weighted by molar-refractivity contribution is -0.142. The fraction of sp³-hybridized carbons (Fsp3) is 0.391. The van der Waals surface area contributed by atoms with E-state index in [9.17, 15) is 9.59 Å². The zero-order valence-corrected chi connectivity index (χ0v) is 17.4. The summed E-state index contributed by atoms with van der Waals surface area (Å²) in [5.74, 6) is 0.296. The van der Waals surface area contributed by atoms with Crippen molar-refractivity contribution in [2.45, 2.75) is 47.2 Å². The molecule has 0 aromatic heterocycles. The van der Waals surface area contributed by atoms with E-state index in [2.05, 4.69) is 5.32 Å². The molecule has 5 nitrogen and oxygen atoms in total. The third-order valence-corrected chi connectivity index (χ3v) is 4.90. The summed E-state index contributed by atoms with van der Waals surface area (Å²) in [6.45, 7) is 10.4. The van der Waals surface area contributed by atoms with Gasteiger partial charge in [0.2, 0.25) is 5.91 Å². The first-order valence-electron chi connectivity index (χ1n) is 9.65. The molecule has 0 unspecified atom stereocenters. The van der Waals surface area contributed by atoms with Gasteiger partial charge in [0, 0.05) is 13.1 Å². The van der Waals surface area contributed by atoms with E-state index in [1.54, 1.807) is 11.8 Å². The Morgan fingerprint density at radius 1 is 1.07 bits per heavy atom. The molecule has 1 N–H and O–H groups in total. The number of likely N-dealkylation sites (N-methyl/N-ethyl adjacent to an activating group) is 1. The van der Waals surface area contributed by atoms with Gasteiger partial charge in [-0.2, -0.15) is 0 Å². The number of hydrogen-bond donors (Lipinski definition) is 1. The molecule has 1 atom stereocenters. The van der Waals surface area contributed by atoms with Gasteiger partial charge in [-0.15, -0.1) is 0 Å². The van der Waals surface area contributed by atoms with E-state index in [1.807, 2.05) is 70.2 Å². The number of hydrogen-bond acceptors (Lipinski definition) is 3. The highest BCUT2D eigenvalue weighted by molar-refractivity contribution is 5.87. The number of carbonyl (C=O) groups excluding carboxylic acids is 2. The smallest absolute Gasteiger partial charge is 0.261 e. The van der Waals surface area contributed by atoms with Crippen molar-refractivity contribution in [2.24, 2.45) is 0 Å². The molecule has 150 valence electrons. The van der Waals surface area contributed by atoms with Crippen LogP contribution < -0.4 is 10.1 Å². The van der Waals surface area contributed by atoms with Crippen LogP contribution in [-0.2, 0) is 16.1 Å². The van der Waals surface area contributed by atoms with E-state index in [0.717, 1.165) is 22.3 Å². The fourth-order valence-corrected chi connectivity index (χ4v) is 2.90. The molecular weight excluding hydrogens is 352 g/mol. The lowest BCUT2D eigenvalue weighted by Gasteiger charge is -2.28. The van der Waals surface area contributed by atoms with Crippen LogP contribution in [-0.4, -0.2) is 35.9 Å². The first-order chi connectivity index (χ1) is 13.3. The van der Waals surface area contributed by atoms with Crippen molar-refractivity contribution in [3.63, 3.8) is 0 Å². The molecule has 0 saturated carbocycles. The molecule has 0 heterocycles. The molecule has 0 fully saturated rings. The van der Waals surface area contributed by atoms with Crippen LogP contribution in [0.3, 0.4) is 0 Å². The maximum atomic E-state index is 13.0. The van der Waals surface area contributed by atoms with Crippen molar-refractivity contribution in [1.82, 2.24) is 10.2 Å². The average Bonchev–Trinajstić information content (AvgIpc) is 2.68. The van der Waals surface area contributed by atoms with Gasteiger partial charge in [0.05, 0.1) is 0 Å². The molecule has 2 rings (SSSR count). The molecule has 0 bridgehead atoms. The van der Waals surface area contributed by atoms with Crippen LogP contribution in [0.25, 0.3) is 0 Å². The normalized spacial score (nSPS) is 11.6. The second-order valence-corrected chi connectivity index (χ2v) is 7.06. The van der Waals surface area contributed by atoms with E-state index in [-0.39, 0.29) is 18.4 Å². The van der Waals surface area contributed by atoms with Gasteiger partial charge < -0.3 is 15.0 Å². The number of nitrogens with one attached hydrogen (secondary N) is 1. The first kappa shape index (κ1) is 21.5. The number of nitrogens with zero attached hydrogens (tertiary/aromatic N) is 1. The molecule has 0 aliphatic heterocycles. The summed E-state index contributed by atoms with van der Waals surface area (Å²) in [5.41, 5.74) is 4.24. The molecule has 2 aromatic carbocycles. The van der Waals surface area contributed by atoms with E-state index in [4.69, 9.17) is 4.74 Å². The Labute approximate surface area is 167 Å². The molecule has 2 aromatic rings. The van der Waals surface area contributed by atoms with Crippen molar-refractivity contribution < 1.29 is 14.3 Å². The zero-order chi connectivity index (χ0) is 20.7. The molecule has 0 aliphatic rings. The summed E-state index contributed by atoms with van der Waals surface area (Å²) in [6.07, 6.45) is 0. The van der Waals surface area contributed by atoms with Gasteiger partial charge in [0.15, 0.2) is 6.61 Å². The summed E-state index contributed by atoms with van der Waals surface area (Å²) >= 11 is 0. The van der Waals surface area contributed by atoms with Crippen LogP contribution in [0.15, 0.2) is 42.5 Å². The molecule has 2 amide bonds. The van der Waals surface area contributed by atoms with Crippen molar-refractivity contribution >= 4 is 11.8 Å². The number of ether oxygens (including phenoxy) is 1. The van der Waals surface area contributed by atoms with Gasteiger partial charge in [-0.25, -0.2) is 0 Å². The van der Waals surface area contributed by atoms with Crippen LogP contribution >= 0.6 is 0 Å². The number of benzene rings is 2. The monoisotopic (exact) mass is 382 g/mol. The summed E-state index contributed by atoms with van der Waals surface area (Å²) in [4.78, 5) is 26.9. The quantitative estimate of drug-likeness (QED) is 0.760. The van der Waals surface area contributed by atoms with Crippen molar-refractivity contribution in [1.29, 1.82) is 0 Å². The summed E-state index contributed by atoms with van der Waals surface area (Å²) < 4.78 is 5.78. The van der Waals surface area contributed by atoms with E-state index >= 15 is 0 Å². The number of amides is 2. The standard InChI is InChI=1S/C23H30N2O3/c1-6-24-23(27)19(5)25(14-20-12-10-16(2)11-13-20)22(26)15-28-21-9-7-8-17(3)18(21)4/h7-13,19H,6,14-15H2,1-5H3,(H,24,27)/t19-/m1/s1. The highest BCUT2D eigenvalue weighted by Crippen LogP contribution is 2.21. The lowest BCUT2D eigenvalue weighted by atomic mass is 10.1. The Morgan fingerprint density at radius 3 is 2.39 bits per heavy atom. The molecule has 0 aliphatic carbocycles. The Morgan fingerprint density at radius 2 is 1.75 bits per heavy atom. The Kier molecular flexibility index (Phi) is 7.61. The topological polar surface area (TPSA) is 58.6 Å². The maximum absolute atomic E-state index is 13.0. The Hall–Kier alpha value is -2.82. The third-order valence-electron chi connectivity index (χ3n) is 4.90. The Balaban J connectivity index is 2.16. The lowest BCUT2D eigenvalue weighted by Crippen LogP contribution is -2.49. The SMILES string of the molecule is CCNC(=O)[C@@H](C)N(Cc1ccc(C)cc1)C(=O)COc1cccc(C)c1C. The minimum atomic E-state index is -0.587. The predicted molar refractivity (Wildman–Crippen MR) is 111 cm³/mol. The molecular formula is C23H30N2O3. The van der Waals surface area contributed by atoms with E-state index in [0.29, 0.717) is 18.8 Å². The van der Waals surface area contributed by atoms with Gasteiger partial charge in [-0.3, -0.25) is 9.59 Å². The molecule has 28 heavy (non-hydrogen) atoms. The minimum Gasteiger partial charge on any atom is -0.483 e. The van der Waals surface area contributed by atoms with Crippen LogP contribution in [0.2, 0.25) is 0 Å². The maximum Gasteiger partial charge on any atom is 0.261 e. The summed E-state index contributed by atoms with van der Waals surface area (Å²) in [7, 11) is 0. The van der Waals surface area contributed by atoms with Gasteiger partial charge in [0.25, 0.3) is 5.91 Å². The highest BCUT2D eigenvalue weighted by atomic mass is 16.5. The van der Waals surface area contributed by atoms with E-state index < -0.39 is 6.04 Å². The van der Waals surface area contributed by atoms with Crippen LogP contribution in [0.5, 0.6) is 5.75 Å². The average molecular weight is 383 g/mol. The van der Waals surface area contributed by atoms with Gasteiger partial charge in [-0.05, 0) is 57.4 Å². The molecule has 0 saturated heterocycles. The van der Waals surface area contributed by atoms with Crippen LogP contribution in [0.1, 0.15) is 36.1 Å². The largest absolute Gasteiger partial charge is 0.483 e. The van der Waals surface area contributed by atoms with Gasteiger partial charge in [0.1, 0.15) is 11.8 Å². The van der Waals surface area contributed by atoms with Crippen molar-refractivity contribution in [3.05, 3.63) is 64.7 Å². The van der Waals surface area contributed by atoms with Crippen LogP contribution in [0.4, 0.5) is 0 Å². The summed E-state index contributed by atoms with van der Waals surface area (Å²) in [5, 5.41) is 2.79. The number of carbonyl (C=O) groups is 2. The minimum absolute atomic E-state index is 0.111. The number of aryl methyl sites for hydroxylation is 2.